The van der Waals surface area contributed by atoms with Crippen molar-refractivity contribution in [1.29, 1.82) is 0 Å². The van der Waals surface area contributed by atoms with Gasteiger partial charge in [0.1, 0.15) is 12.0 Å². The first-order valence-corrected chi connectivity index (χ1v) is 8.81. The van der Waals surface area contributed by atoms with Gasteiger partial charge in [0.15, 0.2) is 5.01 Å². The summed E-state index contributed by atoms with van der Waals surface area (Å²) in [5, 5.41) is 2.91. The van der Waals surface area contributed by atoms with Crippen molar-refractivity contribution in [2.75, 3.05) is 0 Å². The van der Waals surface area contributed by atoms with Gasteiger partial charge in [-0.15, -0.1) is 11.3 Å². The molecule has 2 aromatic carbocycles. The van der Waals surface area contributed by atoms with Crippen molar-refractivity contribution in [1.82, 2.24) is 14.5 Å². The summed E-state index contributed by atoms with van der Waals surface area (Å²) in [5.74, 6) is -0.170. The van der Waals surface area contributed by atoms with Gasteiger partial charge in [-0.1, -0.05) is 41.9 Å². The molecule has 4 rings (SSSR count). The molecule has 0 fully saturated rings. The van der Waals surface area contributed by atoms with Gasteiger partial charge in [-0.2, -0.15) is 0 Å². The Morgan fingerprint density at radius 2 is 1.96 bits per heavy atom. The van der Waals surface area contributed by atoms with Crippen LogP contribution in [-0.4, -0.2) is 20.3 Å². The number of ketones is 1. The first-order chi connectivity index (χ1) is 12.2. The van der Waals surface area contributed by atoms with E-state index in [4.69, 9.17) is 11.6 Å². The molecule has 0 aliphatic rings. The van der Waals surface area contributed by atoms with E-state index in [1.807, 2.05) is 53.1 Å². The van der Waals surface area contributed by atoms with Gasteiger partial charge in [0, 0.05) is 34.0 Å². The number of halogens is 1. The van der Waals surface area contributed by atoms with E-state index in [2.05, 4.69) is 9.97 Å². The summed E-state index contributed by atoms with van der Waals surface area (Å²) in [6, 6.07) is 15.6. The molecule has 4 aromatic rings. The molecule has 2 aromatic heterocycles. The molecule has 0 radical (unpaired) electrons. The fourth-order valence-corrected chi connectivity index (χ4v) is 3.38. The molecule has 0 aliphatic carbocycles. The van der Waals surface area contributed by atoms with E-state index < -0.39 is 0 Å². The predicted molar refractivity (Wildman–Crippen MR) is 99.6 cm³/mol. The van der Waals surface area contributed by atoms with Crippen LogP contribution >= 0.6 is 22.9 Å². The summed E-state index contributed by atoms with van der Waals surface area (Å²) in [5.41, 5.74) is 3.25. The van der Waals surface area contributed by atoms with Crippen LogP contribution in [0.25, 0.3) is 16.8 Å². The molecule has 2 heterocycles. The Balaban J connectivity index is 1.69. The second-order valence-electron chi connectivity index (χ2n) is 5.36. The van der Waals surface area contributed by atoms with Gasteiger partial charge in [0.05, 0.1) is 0 Å². The predicted octanol–water partition coefficient (Wildman–Crippen LogP) is 4.88. The smallest absolute Gasteiger partial charge is 0.241 e. The van der Waals surface area contributed by atoms with Crippen LogP contribution in [0.2, 0.25) is 5.02 Å². The van der Waals surface area contributed by atoms with Gasteiger partial charge in [-0.25, -0.2) is 9.97 Å². The lowest BCUT2D eigenvalue weighted by molar-refractivity contribution is 0.103. The van der Waals surface area contributed by atoms with Gasteiger partial charge in [0.25, 0.3) is 0 Å². The summed E-state index contributed by atoms with van der Waals surface area (Å²) < 4.78 is 1.82. The molecule has 122 valence electrons. The van der Waals surface area contributed by atoms with Crippen LogP contribution in [0.3, 0.4) is 0 Å². The van der Waals surface area contributed by atoms with E-state index in [0.29, 0.717) is 15.7 Å². The van der Waals surface area contributed by atoms with E-state index in [1.54, 1.807) is 24.1 Å². The molecular weight excluding hydrogens is 354 g/mol. The highest BCUT2D eigenvalue weighted by molar-refractivity contribution is 7.11. The number of rotatable bonds is 4. The standard InChI is InChI=1S/C19H12ClN3OS/c20-16-7-2-1-6-15(16)13-4-3-5-14(10-13)23-11-17(22-12-23)18(24)19-21-8-9-25-19/h1-12H. The normalized spacial score (nSPS) is 10.8. The minimum Gasteiger partial charge on any atom is -0.306 e. The number of hydrogen-bond donors (Lipinski definition) is 0. The second kappa shape index (κ2) is 6.63. The molecule has 0 bridgehead atoms. The van der Waals surface area contributed by atoms with Gasteiger partial charge in [-0.05, 0) is 23.8 Å². The summed E-state index contributed by atoms with van der Waals surface area (Å²) in [6.45, 7) is 0. The molecule has 0 aliphatic heterocycles. The maximum absolute atomic E-state index is 12.3. The molecule has 6 heteroatoms. The maximum Gasteiger partial charge on any atom is 0.241 e. The van der Waals surface area contributed by atoms with Crippen LogP contribution in [0.15, 0.2) is 72.6 Å². The lowest BCUT2D eigenvalue weighted by Crippen LogP contribution is -2.00. The highest BCUT2D eigenvalue weighted by Crippen LogP contribution is 2.28. The molecule has 25 heavy (non-hydrogen) atoms. The molecule has 0 atom stereocenters. The molecule has 4 nitrogen and oxygen atoms in total. The van der Waals surface area contributed by atoms with Crippen LogP contribution in [0.1, 0.15) is 15.5 Å². The third-order valence-electron chi connectivity index (χ3n) is 3.77. The molecule has 0 saturated heterocycles. The number of aromatic nitrogens is 3. The highest BCUT2D eigenvalue weighted by atomic mass is 35.5. The van der Waals surface area contributed by atoms with Crippen molar-refractivity contribution < 1.29 is 4.79 Å². The number of hydrogen-bond acceptors (Lipinski definition) is 4. The third-order valence-corrected chi connectivity index (χ3v) is 4.87. The topological polar surface area (TPSA) is 47.8 Å². The van der Waals surface area contributed by atoms with Crippen LogP contribution < -0.4 is 0 Å². The van der Waals surface area contributed by atoms with E-state index in [-0.39, 0.29) is 5.78 Å². The molecule has 0 N–H and O–H groups in total. The Bertz CT molecular complexity index is 1040. The monoisotopic (exact) mass is 365 g/mol. The number of carbonyl (C=O) groups excluding carboxylic acids is 1. The van der Waals surface area contributed by atoms with Crippen molar-refractivity contribution in [3.8, 4) is 16.8 Å². The zero-order chi connectivity index (χ0) is 17.2. The van der Waals surface area contributed by atoms with Gasteiger partial charge in [0.2, 0.25) is 5.78 Å². The quantitative estimate of drug-likeness (QED) is 0.484. The zero-order valence-corrected chi connectivity index (χ0v) is 14.5. The Hall–Kier alpha value is -2.76. The Morgan fingerprint density at radius 3 is 2.76 bits per heavy atom. The number of carbonyl (C=O) groups is 1. The van der Waals surface area contributed by atoms with Crippen molar-refractivity contribution in [3.63, 3.8) is 0 Å². The SMILES string of the molecule is O=C(c1cn(-c2cccc(-c3ccccc3Cl)c2)cn1)c1nccs1. The number of nitrogens with zero attached hydrogens (tertiary/aromatic N) is 3. The average Bonchev–Trinajstić information content (AvgIpc) is 3.34. The van der Waals surface area contributed by atoms with Crippen molar-refractivity contribution in [3.05, 3.63) is 88.4 Å². The van der Waals surface area contributed by atoms with E-state index in [1.165, 1.54) is 11.3 Å². The molecule has 0 unspecified atom stereocenters. The van der Waals surface area contributed by atoms with Crippen LogP contribution in [0.4, 0.5) is 0 Å². The lowest BCUT2D eigenvalue weighted by Gasteiger charge is -2.07. The average molecular weight is 366 g/mol. The Labute approximate surface area is 153 Å². The van der Waals surface area contributed by atoms with Crippen LogP contribution in [0.5, 0.6) is 0 Å². The molecule has 0 amide bonds. The molecule has 0 spiro atoms. The van der Waals surface area contributed by atoms with Crippen molar-refractivity contribution in [2.24, 2.45) is 0 Å². The Morgan fingerprint density at radius 1 is 1.08 bits per heavy atom. The summed E-state index contributed by atoms with van der Waals surface area (Å²) in [6.07, 6.45) is 4.96. The first-order valence-electron chi connectivity index (χ1n) is 7.56. The number of thiazole rings is 1. The van der Waals surface area contributed by atoms with E-state index in [0.717, 1.165) is 16.8 Å². The van der Waals surface area contributed by atoms with E-state index >= 15 is 0 Å². The highest BCUT2D eigenvalue weighted by Gasteiger charge is 2.15. The summed E-state index contributed by atoms with van der Waals surface area (Å²) >= 11 is 7.60. The van der Waals surface area contributed by atoms with Gasteiger partial charge < -0.3 is 4.57 Å². The second-order valence-corrected chi connectivity index (χ2v) is 6.66. The lowest BCUT2D eigenvalue weighted by atomic mass is 10.1. The fraction of sp³-hybridized carbons (Fsp3) is 0. The molecule has 0 saturated carbocycles. The van der Waals surface area contributed by atoms with Crippen LogP contribution in [0, 0.1) is 0 Å². The number of benzene rings is 2. The number of imidazole rings is 1. The first kappa shape index (κ1) is 15.7. The van der Waals surface area contributed by atoms with Crippen molar-refractivity contribution in [2.45, 2.75) is 0 Å². The zero-order valence-electron chi connectivity index (χ0n) is 13.0. The van der Waals surface area contributed by atoms with Crippen molar-refractivity contribution >= 4 is 28.7 Å². The summed E-state index contributed by atoms with van der Waals surface area (Å²) in [7, 11) is 0. The largest absolute Gasteiger partial charge is 0.306 e. The minimum absolute atomic E-state index is 0.170. The van der Waals surface area contributed by atoms with Crippen LogP contribution in [-0.2, 0) is 0 Å². The van der Waals surface area contributed by atoms with Gasteiger partial charge in [-0.3, -0.25) is 4.79 Å². The maximum atomic E-state index is 12.3. The van der Waals surface area contributed by atoms with E-state index in [9.17, 15) is 4.79 Å². The third kappa shape index (κ3) is 3.12. The van der Waals surface area contributed by atoms with Gasteiger partial charge >= 0.3 is 0 Å². The summed E-state index contributed by atoms with van der Waals surface area (Å²) in [4.78, 5) is 20.6. The molecular formula is C19H12ClN3OS. The fourth-order valence-electron chi connectivity index (χ4n) is 2.56. The Kier molecular flexibility index (Phi) is 4.17. The minimum atomic E-state index is -0.170.